The van der Waals surface area contributed by atoms with Gasteiger partial charge in [-0.25, -0.2) is 4.98 Å². The quantitative estimate of drug-likeness (QED) is 0.190. The first-order valence-corrected chi connectivity index (χ1v) is 17.2. The topological polar surface area (TPSA) is 44.1 Å². The molecule has 0 aliphatic carbocycles. The van der Waals surface area contributed by atoms with Gasteiger partial charge in [-0.05, 0) is 53.6 Å². The monoisotopic (exact) mass is 652 g/mol. The van der Waals surface area contributed by atoms with Gasteiger partial charge in [-0.2, -0.15) is 0 Å². The van der Waals surface area contributed by atoms with Crippen LogP contribution in [0.1, 0.15) is 0 Å². The third-order valence-electron chi connectivity index (χ3n) is 10.2. The summed E-state index contributed by atoms with van der Waals surface area (Å²) in [6.45, 7) is 0. The van der Waals surface area contributed by atoms with E-state index in [2.05, 4.69) is 150 Å². The second-order valence-corrected chi connectivity index (χ2v) is 13.1. The number of hydrogen-bond acceptors (Lipinski definition) is 3. The van der Waals surface area contributed by atoms with Crippen molar-refractivity contribution in [1.82, 2.24) is 9.55 Å². The molecule has 4 aromatic heterocycles. The Morgan fingerprint density at radius 2 is 0.922 bits per heavy atom. The second-order valence-electron chi connectivity index (χ2n) is 13.1. The number of pyridine rings is 1. The van der Waals surface area contributed by atoms with Crippen LogP contribution in [0.15, 0.2) is 179 Å². The minimum Gasteiger partial charge on any atom is -0.455 e. The average molecular weight is 653 g/mol. The number of rotatable bonds is 4. The van der Waals surface area contributed by atoms with Crippen LogP contribution in [0, 0.1) is 0 Å². The lowest BCUT2D eigenvalue weighted by Crippen LogP contribution is -1.95. The van der Waals surface area contributed by atoms with Crippen molar-refractivity contribution in [3.05, 3.63) is 170 Å². The standard InChI is InChI=1S/C47H28N2O2/c1-3-13-29(14-4-1)32-27-37(30-15-5-2-6-16-30)48-38(28-32)31-23-25-33(26-24-31)49-39-20-10-7-17-34(39)42-43-35-18-8-11-21-40(35)50-46(43)44-36-19-9-12-22-41(36)51-47(44)45(42)49/h1-28H. The molecular formula is C47H28N2O2. The molecule has 0 fully saturated rings. The molecule has 238 valence electrons. The molecule has 11 rings (SSSR count). The van der Waals surface area contributed by atoms with Crippen LogP contribution in [0.4, 0.5) is 0 Å². The third kappa shape index (κ3) is 4.17. The van der Waals surface area contributed by atoms with Crippen molar-refractivity contribution >= 4 is 65.7 Å². The summed E-state index contributed by atoms with van der Waals surface area (Å²) in [5.41, 5.74) is 12.9. The largest absolute Gasteiger partial charge is 0.455 e. The zero-order valence-corrected chi connectivity index (χ0v) is 27.4. The van der Waals surface area contributed by atoms with E-state index in [9.17, 15) is 0 Å². The highest BCUT2D eigenvalue weighted by molar-refractivity contribution is 6.38. The first-order chi connectivity index (χ1) is 25.3. The van der Waals surface area contributed by atoms with Gasteiger partial charge in [0.1, 0.15) is 16.7 Å². The summed E-state index contributed by atoms with van der Waals surface area (Å²) in [4.78, 5) is 5.18. The van der Waals surface area contributed by atoms with E-state index in [1.165, 1.54) is 0 Å². The maximum atomic E-state index is 6.77. The fourth-order valence-electron chi connectivity index (χ4n) is 7.90. The Kier molecular flexibility index (Phi) is 5.92. The van der Waals surface area contributed by atoms with Crippen LogP contribution >= 0.6 is 0 Å². The highest BCUT2D eigenvalue weighted by Gasteiger charge is 2.26. The fourth-order valence-corrected chi connectivity index (χ4v) is 7.90. The van der Waals surface area contributed by atoms with Crippen LogP contribution in [-0.2, 0) is 0 Å². The molecule has 0 atom stereocenters. The Morgan fingerprint density at radius 3 is 1.61 bits per heavy atom. The van der Waals surface area contributed by atoms with E-state index >= 15 is 0 Å². The Labute approximate surface area is 292 Å². The molecule has 0 N–H and O–H groups in total. The van der Waals surface area contributed by atoms with Crippen molar-refractivity contribution in [2.75, 3.05) is 0 Å². The first-order valence-electron chi connectivity index (χ1n) is 17.2. The van der Waals surface area contributed by atoms with E-state index in [1.54, 1.807) is 0 Å². The average Bonchev–Trinajstić information content (AvgIpc) is 3.88. The number of para-hydroxylation sites is 3. The Balaban J connectivity index is 1.18. The lowest BCUT2D eigenvalue weighted by Gasteiger charge is -2.12. The van der Waals surface area contributed by atoms with Crippen LogP contribution in [0.2, 0.25) is 0 Å². The van der Waals surface area contributed by atoms with Gasteiger partial charge < -0.3 is 13.4 Å². The normalized spacial score (nSPS) is 11.9. The molecule has 4 heteroatoms. The van der Waals surface area contributed by atoms with E-state index in [0.717, 1.165) is 105 Å². The van der Waals surface area contributed by atoms with Crippen LogP contribution in [0.25, 0.3) is 105 Å². The van der Waals surface area contributed by atoms with Gasteiger partial charge in [0.2, 0.25) is 0 Å². The number of fused-ring (bicyclic) bond motifs is 12. The van der Waals surface area contributed by atoms with Crippen LogP contribution in [0.5, 0.6) is 0 Å². The fraction of sp³-hybridized carbons (Fsp3) is 0. The van der Waals surface area contributed by atoms with Gasteiger partial charge >= 0.3 is 0 Å². The second kappa shape index (κ2) is 10.8. The Hall–Kier alpha value is -6.91. The molecule has 51 heavy (non-hydrogen) atoms. The molecule has 0 spiro atoms. The van der Waals surface area contributed by atoms with Crippen molar-refractivity contribution < 1.29 is 8.83 Å². The highest BCUT2D eigenvalue weighted by atomic mass is 16.3. The molecule has 0 bridgehead atoms. The maximum absolute atomic E-state index is 6.77. The summed E-state index contributed by atoms with van der Waals surface area (Å²) >= 11 is 0. The summed E-state index contributed by atoms with van der Waals surface area (Å²) in [6.07, 6.45) is 0. The van der Waals surface area contributed by atoms with E-state index < -0.39 is 0 Å². The smallest absolute Gasteiger partial charge is 0.163 e. The number of nitrogens with zero attached hydrogens (tertiary/aromatic N) is 2. The predicted octanol–water partition coefficient (Wildman–Crippen LogP) is 13.0. The minimum atomic E-state index is 0.822. The van der Waals surface area contributed by atoms with Gasteiger partial charge in [0.05, 0.1) is 27.8 Å². The predicted molar refractivity (Wildman–Crippen MR) is 209 cm³/mol. The summed E-state index contributed by atoms with van der Waals surface area (Å²) < 4.78 is 15.8. The molecule has 0 saturated heterocycles. The molecular weight excluding hydrogens is 625 g/mol. The molecule has 0 unspecified atom stereocenters. The van der Waals surface area contributed by atoms with Crippen molar-refractivity contribution in [3.63, 3.8) is 0 Å². The SMILES string of the molecule is c1ccc(-c2cc(-c3ccccc3)nc(-c3ccc(-n4c5ccccc5c5c6c7ccccc7oc6c6c7ccccc7oc6c54)cc3)c2)cc1. The van der Waals surface area contributed by atoms with Crippen molar-refractivity contribution in [3.8, 4) is 39.3 Å². The van der Waals surface area contributed by atoms with Gasteiger partial charge in [0.15, 0.2) is 5.58 Å². The lowest BCUT2D eigenvalue weighted by atomic mass is 10.00. The molecule has 0 saturated carbocycles. The number of furan rings is 2. The zero-order valence-electron chi connectivity index (χ0n) is 27.4. The molecule has 0 amide bonds. The van der Waals surface area contributed by atoms with E-state index in [0.29, 0.717) is 0 Å². The van der Waals surface area contributed by atoms with E-state index in [-0.39, 0.29) is 0 Å². The summed E-state index contributed by atoms with van der Waals surface area (Å²) in [6, 6.07) is 59.3. The Morgan fingerprint density at radius 1 is 0.392 bits per heavy atom. The first kappa shape index (κ1) is 28.0. The van der Waals surface area contributed by atoms with E-state index in [4.69, 9.17) is 13.8 Å². The molecule has 0 aliphatic heterocycles. The van der Waals surface area contributed by atoms with Crippen molar-refractivity contribution in [1.29, 1.82) is 0 Å². The number of aromatic nitrogens is 2. The van der Waals surface area contributed by atoms with E-state index in [1.807, 2.05) is 24.3 Å². The summed E-state index contributed by atoms with van der Waals surface area (Å²) in [5, 5.41) is 6.54. The van der Waals surface area contributed by atoms with Gasteiger partial charge in [0.25, 0.3) is 0 Å². The molecule has 7 aromatic carbocycles. The zero-order chi connectivity index (χ0) is 33.5. The highest BCUT2D eigenvalue weighted by Crippen LogP contribution is 2.48. The van der Waals surface area contributed by atoms with Crippen molar-refractivity contribution in [2.45, 2.75) is 0 Å². The molecule has 4 heterocycles. The van der Waals surface area contributed by atoms with Gasteiger partial charge in [-0.1, -0.05) is 127 Å². The van der Waals surface area contributed by atoms with Gasteiger partial charge in [0, 0.05) is 43.7 Å². The minimum absolute atomic E-state index is 0.822. The van der Waals surface area contributed by atoms with Crippen LogP contribution in [0.3, 0.4) is 0 Å². The molecule has 11 aromatic rings. The van der Waals surface area contributed by atoms with Gasteiger partial charge in [-0.3, -0.25) is 0 Å². The number of hydrogen-bond donors (Lipinski definition) is 0. The summed E-state index contributed by atoms with van der Waals surface area (Å²) in [7, 11) is 0. The maximum Gasteiger partial charge on any atom is 0.163 e. The molecule has 4 nitrogen and oxygen atoms in total. The molecule has 0 radical (unpaired) electrons. The lowest BCUT2D eigenvalue weighted by molar-refractivity contribution is 0.664. The Bertz CT molecular complexity index is 3060. The van der Waals surface area contributed by atoms with Gasteiger partial charge in [-0.15, -0.1) is 0 Å². The van der Waals surface area contributed by atoms with Crippen LogP contribution in [-0.4, -0.2) is 9.55 Å². The summed E-state index contributed by atoms with van der Waals surface area (Å²) in [5.74, 6) is 0. The number of benzene rings is 7. The molecule has 0 aliphatic rings. The van der Waals surface area contributed by atoms with Crippen LogP contribution < -0.4 is 0 Å². The van der Waals surface area contributed by atoms with Crippen molar-refractivity contribution in [2.24, 2.45) is 0 Å². The third-order valence-corrected chi connectivity index (χ3v) is 10.2.